The highest BCUT2D eigenvalue weighted by molar-refractivity contribution is 5.20. The summed E-state index contributed by atoms with van der Waals surface area (Å²) in [5.41, 5.74) is 0. The summed E-state index contributed by atoms with van der Waals surface area (Å²) in [7, 11) is 0. The van der Waals surface area contributed by atoms with Crippen molar-refractivity contribution in [2.75, 3.05) is 13.2 Å². The molecule has 5 nitrogen and oxygen atoms in total. The zero-order valence-electron chi connectivity index (χ0n) is 12.3. The van der Waals surface area contributed by atoms with Gasteiger partial charge in [-0.25, -0.2) is 0 Å². The molecule has 5 heteroatoms. The minimum Gasteiger partial charge on any atom is -0.492 e. The van der Waals surface area contributed by atoms with Crippen LogP contribution in [0, 0.1) is 0 Å². The molecule has 0 aliphatic heterocycles. The highest BCUT2D eigenvalue weighted by Gasteiger charge is 2.28. The third-order valence-corrected chi connectivity index (χ3v) is 3.50. The number of ether oxygens (including phenoxy) is 1. The van der Waals surface area contributed by atoms with Gasteiger partial charge in [-0.1, -0.05) is 23.4 Å². The van der Waals surface area contributed by atoms with Crippen LogP contribution in [0.2, 0.25) is 0 Å². The molecule has 0 radical (unpaired) electrons. The Morgan fingerprint density at radius 1 is 1.33 bits per heavy atom. The summed E-state index contributed by atoms with van der Waals surface area (Å²) >= 11 is 0. The Labute approximate surface area is 124 Å². The van der Waals surface area contributed by atoms with E-state index >= 15 is 0 Å². The second-order valence-electron chi connectivity index (χ2n) is 5.55. The third kappa shape index (κ3) is 4.29. The molecule has 1 aromatic carbocycles. The number of nitrogens with zero attached hydrogens (tertiary/aromatic N) is 2. The summed E-state index contributed by atoms with van der Waals surface area (Å²) in [5, 5.41) is 7.42. The number of rotatable bonds is 8. The molecule has 1 N–H and O–H groups in total. The Hall–Kier alpha value is -1.88. The summed E-state index contributed by atoms with van der Waals surface area (Å²) in [5.74, 6) is 3.05. The molecule has 2 aromatic rings. The van der Waals surface area contributed by atoms with E-state index in [1.165, 1.54) is 12.8 Å². The molecule has 1 heterocycles. The van der Waals surface area contributed by atoms with Crippen molar-refractivity contribution in [2.45, 2.75) is 38.1 Å². The van der Waals surface area contributed by atoms with Crippen LogP contribution in [0.1, 0.15) is 37.4 Å². The molecule has 1 unspecified atom stereocenters. The molecule has 1 aliphatic carbocycles. The van der Waals surface area contributed by atoms with Crippen LogP contribution in [0.3, 0.4) is 0 Å². The summed E-state index contributed by atoms with van der Waals surface area (Å²) in [6, 6.07) is 10.1. The second kappa shape index (κ2) is 6.72. The predicted octanol–water partition coefficient (Wildman–Crippen LogP) is 2.55. The van der Waals surface area contributed by atoms with Crippen molar-refractivity contribution < 1.29 is 9.26 Å². The van der Waals surface area contributed by atoms with E-state index in [0.29, 0.717) is 12.5 Å². The first kappa shape index (κ1) is 14.1. The van der Waals surface area contributed by atoms with Crippen LogP contribution in [0.4, 0.5) is 0 Å². The van der Waals surface area contributed by atoms with Crippen LogP contribution >= 0.6 is 0 Å². The Morgan fingerprint density at radius 3 is 2.90 bits per heavy atom. The smallest absolute Gasteiger partial charge is 0.227 e. The minimum absolute atomic E-state index is 0.274. The van der Waals surface area contributed by atoms with Gasteiger partial charge in [-0.05, 0) is 31.9 Å². The Kier molecular flexibility index (Phi) is 4.50. The molecular formula is C16H21N3O2. The minimum atomic E-state index is 0.274. The fraction of sp³-hybridized carbons (Fsp3) is 0.500. The van der Waals surface area contributed by atoms with E-state index in [2.05, 4.69) is 22.4 Å². The van der Waals surface area contributed by atoms with Crippen molar-refractivity contribution in [3.8, 4) is 5.75 Å². The van der Waals surface area contributed by atoms with E-state index in [0.717, 1.165) is 30.4 Å². The number of nitrogens with one attached hydrogen (secondary N) is 1. The molecule has 1 aliphatic rings. The molecule has 0 bridgehead atoms. The van der Waals surface area contributed by atoms with Gasteiger partial charge in [-0.15, -0.1) is 0 Å². The van der Waals surface area contributed by atoms with Crippen molar-refractivity contribution in [2.24, 2.45) is 0 Å². The summed E-state index contributed by atoms with van der Waals surface area (Å²) in [4.78, 5) is 4.41. The first-order valence-corrected chi connectivity index (χ1v) is 7.55. The Balaban J connectivity index is 1.34. The molecule has 0 saturated heterocycles. The average Bonchev–Trinajstić information content (AvgIpc) is 3.26. The number of benzene rings is 1. The van der Waals surface area contributed by atoms with Crippen molar-refractivity contribution in [1.82, 2.24) is 15.5 Å². The summed E-state index contributed by atoms with van der Waals surface area (Å²) < 4.78 is 10.9. The lowest BCUT2D eigenvalue weighted by atomic mass is 10.3. The van der Waals surface area contributed by atoms with Crippen molar-refractivity contribution in [1.29, 1.82) is 0 Å². The molecule has 3 rings (SSSR count). The standard InChI is InChI=1S/C16H21N3O2/c1-12(11-20-14-5-3-2-4-6-14)17-10-9-15-18-16(19-21-15)13-7-8-13/h2-6,12-13,17H,7-11H2,1H3. The number of hydrogen-bond donors (Lipinski definition) is 1. The molecule has 0 spiro atoms. The molecule has 112 valence electrons. The number of para-hydroxylation sites is 1. The van der Waals surface area contributed by atoms with Gasteiger partial charge in [0.25, 0.3) is 0 Å². The molecule has 1 atom stereocenters. The third-order valence-electron chi connectivity index (χ3n) is 3.50. The summed E-state index contributed by atoms with van der Waals surface area (Å²) in [6.07, 6.45) is 3.16. The maximum atomic E-state index is 5.70. The van der Waals surface area contributed by atoms with E-state index in [-0.39, 0.29) is 6.04 Å². The highest BCUT2D eigenvalue weighted by atomic mass is 16.5. The molecule has 1 fully saturated rings. The predicted molar refractivity (Wildman–Crippen MR) is 79.4 cm³/mol. The van der Waals surface area contributed by atoms with E-state index < -0.39 is 0 Å². The molecular weight excluding hydrogens is 266 g/mol. The first-order valence-electron chi connectivity index (χ1n) is 7.55. The van der Waals surface area contributed by atoms with Crippen LogP contribution in [0.5, 0.6) is 5.75 Å². The molecule has 1 saturated carbocycles. The van der Waals surface area contributed by atoms with Gasteiger partial charge in [0.05, 0.1) is 0 Å². The normalized spacial score (nSPS) is 15.9. The van der Waals surface area contributed by atoms with Gasteiger partial charge in [-0.2, -0.15) is 4.98 Å². The highest BCUT2D eigenvalue weighted by Crippen LogP contribution is 2.38. The lowest BCUT2D eigenvalue weighted by Gasteiger charge is -2.14. The van der Waals surface area contributed by atoms with Crippen LogP contribution in [0.25, 0.3) is 0 Å². The van der Waals surface area contributed by atoms with E-state index in [4.69, 9.17) is 9.26 Å². The number of hydrogen-bond acceptors (Lipinski definition) is 5. The fourth-order valence-electron chi connectivity index (χ4n) is 2.10. The van der Waals surface area contributed by atoms with Crippen LogP contribution < -0.4 is 10.1 Å². The quantitative estimate of drug-likeness (QED) is 0.808. The Bertz CT molecular complexity index is 552. The van der Waals surface area contributed by atoms with Gasteiger partial charge < -0.3 is 14.6 Å². The maximum Gasteiger partial charge on any atom is 0.227 e. The first-order chi connectivity index (χ1) is 10.3. The van der Waals surface area contributed by atoms with E-state index in [1.807, 2.05) is 30.3 Å². The van der Waals surface area contributed by atoms with Crippen LogP contribution in [-0.4, -0.2) is 29.3 Å². The van der Waals surface area contributed by atoms with Gasteiger partial charge in [-0.3, -0.25) is 0 Å². The van der Waals surface area contributed by atoms with Crippen molar-refractivity contribution >= 4 is 0 Å². The zero-order valence-corrected chi connectivity index (χ0v) is 12.3. The van der Waals surface area contributed by atoms with Gasteiger partial charge in [0.15, 0.2) is 5.82 Å². The fourth-order valence-corrected chi connectivity index (χ4v) is 2.10. The monoisotopic (exact) mass is 287 g/mol. The van der Waals surface area contributed by atoms with Crippen molar-refractivity contribution in [3.63, 3.8) is 0 Å². The second-order valence-corrected chi connectivity index (χ2v) is 5.55. The van der Waals surface area contributed by atoms with Gasteiger partial charge in [0.1, 0.15) is 12.4 Å². The molecule has 0 amide bonds. The van der Waals surface area contributed by atoms with Gasteiger partial charge in [0, 0.05) is 24.9 Å². The lowest BCUT2D eigenvalue weighted by molar-refractivity contribution is 0.272. The van der Waals surface area contributed by atoms with Crippen molar-refractivity contribution in [3.05, 3.63) is 42.0 Å². The van der Waals surface area contributed by atoms with Gasteiger partial charge in [0.2, 0.25) is 5.89 Å². The number of aromatic nitrogens is 2. The average molecular weight is 287 g/mol. The summed E-state index contributed by atoms with van der Waals surface area (Å²) in [6.45, 7) is 3.55. The molecule has 21 heavy (non-hydrogen) atoms. The SMILES string of the molecule is CC(COc1ccccc1)NCCc1nc(C2CC2)no1. The largest absolute Gasteiger partial charge is 0.492 e. The topological polar surface area (TPSA) is 60.2 Å². The van der Waals surface area contributed by atoms with Crippen LogP contribution in [0.15, 0.2) is 34.9 Å². The van der Waals surface area contributed by atoms with Crippen LogP contribution in [-0.2, 0) is 6.42 Å². The van der Waals surface area contributed by atoms with E-state index in [9.17, 15) is 0 Å². The van der Waals surface area contributed by atoms with E-state index in [1.54, 1.807) is 0 Å². The zero-order chi connectivity index (χ0) is 14.5. The van der Waals surface area contributed by atoms with Gasteiger partial charge >= 0.3 is 0 Å². The lowest BCUT2D eigenvalue weighted by Crippen LogP contribution is -2.33. The maximum absolute atomic E-state index is 5.70. The molecule has 1 aromatic heterocycles. The Morgan fingerprint density at radius 2 is 2.14 bits per heavy atom.